The monoisotopic (exact) mass is 430 g/mol. The van der Waals surface area contributed by atoms with Gasteiger partial charge in [0.25, 0.3) is 0 Å². The number of anilines is 2. The zero-order valence-electron chi connectivity index (χ0n) is 13.2. The number of aryl methyl sites for hydroxylation is 2. The minimum atomic E-state index is -4.43. The zero-order valence-corrected chi connectivity index (χ0v) is 15.8. The van der Waals surface area contributed by atoms with Crippen molar-refractivity contribution in [1.82, 2.24) is 0 Å². The van der Waals surface area contributed by atoms with E-state index in [1.54, 1.807) is 26.0 Å². The van der Waals surface area contributed by atoms with Gasteiger partial charge in [0.15, 0.2) is 0 Å². The van der Waals surface area contributed by atoms with Gasteiger partial charge in [0.1, 0.15) is 20.2 Å². The summed E-state index contributed by atoms with van der Waals surface area (Å²) in [6.45, 7) is 3.38. The molecule has 8 nitrogen and oxygen atoms in total. The summed E-state index contributed by atoms with van der Waals surface area (Å²) >= 11 is 0. The Kier molecular flexibility index (Phi) is 8.07. The van der Waals surface area contributed by atoms with Crippen molar-refractivity contribution in [3.63, 3.8) is 0 Å². The van der Waals surface area contributed by atoms with E-state index in [0.29, 0.717) is 11.1 Å². The summed E-state index contributed by atoms with van der Waals surface area (Å²) in [4.78, 5) is -0.690. The van der Waals surface area contributed by atoms with Gasteiger partial charge in [-0.15, -0.1) is 0 Å². The first-order valence-electron chi connectivity index (χ1n) is 6.46. The minimum Gasteiger partial charge on any atom is -0.744 e. The molecule has 0 fully saturated rings. The Morgan fingerprint density at radius 2 is 1.00 bits per heavy atom. The minimum absolute atomic E-state index is 0. The fourth-order valence-electron chi connectivity index (χ4n) is 1.72. The van der Waals surface area contributed by atoms with Crippen molar-refractivity contribution >= 4 is 31.6 Å². The van der Waals surface area contributed by atoms with E-state index in [-0.39, 0.29) is 37.7 Å². The Morgan fingerprint density at radius 3 is 1.20 bits per heavy atom. The predicted octanol–water partition coefficient (Wildman–Crippen LogP) is 0.960. The third-order valence-corrected chi connectivity index (χ3v) is 4.66. The van der Waals surface area contributed by atoms with E-state index in [2.05, 4.69) is 0 Å². The van der Waals surface area contributed by atoms with E-state index >= 15 is 0 Å². The van der Waals surface area contributed by atoms with Crippen LogP contribution in [0.1, 0.15) is 11.1 Å². The zero-order chi connectivity index (χ0) is 18.7. The molecule has 0 aliphatic rings. The van der Waals surface area contributed by atoms with Gasteiger partial charge in [-0.05, 0) is 49.2 Å². The van der Waals surface area contributed by atoms with Crippen LogP contribution in [0.3, 0.4) is 0 Å². The summed E-state index contributed by atoms with van der Waals surface area (Å²) < 4.78 is 63.4. The van der Waals surface area contributed by atoms with Gasteiger partial charge in [-0.2, -0.15) is 0 Å². The molecule has 0 unspecified atom stereocenters. The number of benzene rings is 2. The van der Waals surface area contributed by atoms with Crippen LogP contribution >= 0.6 is 0 Å². The predicted molar refractivity (Wildman–Crippen MR) is 87.1 cm³/mol. The molecule has 140 valence electrons. The van der Waals surface area contributed by atoms with Gasteiger partial charge in [0.05, 0.1) is 9.79 Å². The first-order valence-corrected chi connectivity index (χ1v) is 9.28. The maximum atomic E-state index is 10.6. The van der Waals surface area contributed by atoms with Crippen molar-refractivity contribution < 1.29 is 42.4 Å². The van der Waals surface area contributed by atoms with Crippen molar-refractivity contribution in [2.45, 2.75) is 23.6 Å². The number of nitrogen functional groups attached to an aromatic ring is 2. The van der Waals surface area contributed by atoms with Gasteiger partial charge in [-0.1, -0.05) is 12.1 Å². The van der Waals surface area contributed by atoms with E-state index < -0.39 is 20.2 Å². The number of hydrogen-bond donors (Lipinski definition) is 2. The molecule has 0 amide bonds. The number of nitrogens with two attached hydrogens (primary N) is 2. The smallest absolute Gasteiger partial charge is 0.744 e. The second-order valence-electron chi connectivity index (χ2n) is 4.99. The van der Waals surface area contributed by atoms with Gasteiger partial charge >= 0.3 is 16.5 Å². The Balaban J connectivity index is 0.000000443. The van der Waals surface area contributed by atoms with Crippen molar-refractivity contribution in [3.05, 3.63) is 47.5 Å². The van der Waals surface area contributed by atoms with Gasteiger partial charge in [-0.25, -0.2) is 16.8 Å². The molecule has 11 heteroatoms. The molecule has 0 saturated carbocycles. The maximum absolute atomic E-state index is 10.6. The van der Waals surface area contributed by atoms with Crippen LogP contribution in [-0.2, 0) is 36.7 Å². The number of hydrogen-bond acceptors (Lipinski definition) is 8. The van der Waals surface area contributed by atoms with Crippen molar-refractivity contribution in [1.29, 1.82) is 0 Å². The molecule has 0 saturated heterocycles. The molecule has 0 bridgehead atoms. The summed E-state index contributed by atoms with van der Waals surface area (Å²) in [5.41, 5.74) is 12.0. The summed E-state index contributed by atoms with van der Waals surface area (Å²) in [6, 6.07) is 8.61. The van der Waals surface area contributed by atoms with Crippen LogP contribution in [0.15, 0.2) is 46.2 Å². The largest absolute Gasteiger partial charge is 2.00 e. The van der Waals surface area contributed by atoms with Crippen molar-refractivity contribution in [2.24, 2.45) is 0 Å². The standard InChI is InChI=1S/2C7H9NO3S.Ni/c2*1-5-2-3-6(8)7(4-5)12(9,10)11;/h2*2-4H,8H2,1H3,(H,9,10,11);/q;;+2/p-2. The van der Waals surface area contributed by atoms with E-state index in [9.17, 15) is 25.9 Å². The van der Waals surface area contributed by atoms with Crippen molar-refractivity contribution in [3.8, 4) is 0 Å². The average molecular weight is 431 g/mol. The summed E-state index contributed by atoms with van der Waals surface area (Å²) in [5.74, 6) is 0. The molecule has 0 radical (unpaired) electrons. The first-order chi connectivity index (χ1) is 10.8. The summed E-state index contributed by atoms with van der Waals surface area (Å²) in [6.07, 6.45) is 0. The van der Waals surface area contributed by atoms with Gasteiger partial charge in [0.2, 0.25) is 0 Å². The van der Waals surface area contributed by atoms with Crippen LogP contribution in [0.2, 0.25) is 0 Å². The molecule has 0 aliphatic heterocycles. The van der Waals surface area contributed by atoms with Crippen LogP contribution in [-0.4, -0.2) is 25.9 Å². The second-order valence-corrected chi connectivity index (χ2v) is 7.69. The van der Waals surface area contributed by atoms with Gasteiger partial charge < -0.3 is 20.6 Å². The molecular formula is C14H16N2NiO6S2. The number of rotatable bonds is 2. The molecule has 0 aliphatic carbocycles. The van der Waals surface area contributed by atoms with Gasteiger partial charge in [0, 0.05) is 11.4 Å². The Bertz CT molecular complexity index is 880. The van der Waals surface area contributed by atoms with Crippen LogP contribution in [0.25, 0.3) is 0 Å². The molecule has 2 aromatic carbocycles. The Morgan fingerprint density at radius 1 is 0.720 bits per heavy atom. The molecule has 25 heavy (non-hydrogen) atoms. The molecule has 0 atom stereocenters. The third kappa shape index (κ3) is 7.01. The summed E-state index contributed by atoms with van der Waals surface area (Å²) in [7, 11) is -8.86. The molecule has 0 spiro atoms. The van der Waals surface area contributed by atoms with E-state index in [1.165, 1.54) is 24.3 Å². The third-order valence-electron chi connectivity index (χ3n) is 2.88. The molecule has 4 N–H and O–H groups in total. The summed E-state index contributed by atoms with van der Waals surface area (Å²) in [5, 5.41) is 0. The Labute approximate surface area is 156 Å². The van der Waals surface area contributed by atoms with E-state index in [4.69, 9.17) is 11.5 Å². The molecule has 0 heterocycles. The van der Waals surface area contributed by atoms with Gasteiger partial charge in [-0.3, -0.25) is 0 Å². The van der Waals surface area contributed by atoms with Crippen molar-refractivity contribution in [2.75, 3.05) is 11.5 Å². The fourth-order valence-corrected chi connectivity index (χ4v) is 3.09. The topological polar surface area (TPSA) is 166 Å². The first kappa shape index (κ1) is 23.4. The maximum Gasteiger partial charge on any atom is 2.00 e. The van der Waals surface area contributed by atoms with E-state index in [0.717, 1.165) is 0 Å². The van der Waals surface area contributed by atoms with Crippen LogP contribution < -0.4 is 11.5 Å². The second kappa shape index (κ2) is 8.64. The van der Waals surface area contributed by atoms with Crippen LogP contribution in [0.4, 0.5) is 11.4 Å². The fraction of sp³-hybridized carbons (Fsp3) is 0.143. The molecule has 0 aromatic heterocycles. The van der Waals surface area contributed by atoms with E-state index in [1.807, 2.05) is 0 Å². The molecule has 2 aromatic rings. The SMILES string of the molecule is Cc1ccc(N)c(S(=O)(=O)[O-])c1.Cc1ccc(N)c(S(=O)(=O)[O-])c1.[Ni+2]. The molecule has 2 rings (SSSR count). The quantitative estimate of drug-likeness (QED) is 0.403. The normalized spacial score (nSPS) is 11.0. The molecular weight excluding hydrogens is 415 g/mol. The average Bonchev–Trinajstić information content (AvgIpc) is 2.42. The van der Waals surface area contributed by atoms with Crippen LogP contribution in [0, 0.1) is 13.8 Å². The Hall–Kier alpha value is -1.65. The van der Waals surface area contributed by atoms with Crippen LogP contribution in [0.5, 0.6) is 0 Å².